The van der Waals surface area contributed by atoms with E-state index in [0.717, 1.165) is 35.9 Å². The first-order chi connectivity index (χ1) is 12.6. The predicted octanol–water partition coefficient (Wildman–Crippen LogP) is 2.51. The number of nitrogens with one attached hydrogen (secondary N) is 1. The maximum absolute atomic E-state index is 12.6. The fraction of sp³-hybridized carbons (Fsp3) is 0.316. The lowest BCUT2D eigenvalue weighted by atomic mass is 10.0. The van der Waals surface area contributed by atoms with Crippen LogP contribution in [0.15, 0.2) is 36.8 Å². The number of imidazole rings is 1. The number of carbonyl (C=O) groups is 1. The largest absolute Gasteiger partial charge is 0.341 e. The van der Waals surface area contributed by atoms with Gasteiger partial charge in [-0.05, 0) is 38.5 Å². The molecule has 1 unspecified atom stereocenters. The maximum Gasteiger partial charge on any atom is 0.255 e. The number of hydrogen-bond donors (Lipinski definition) is 1. The fourth-order valence-electron chi connectivity index (χ4n) is 3.32. The average molecular weight is 348 g/mol. The molecular formula is C19H20N6O. The van der Waals surface area contributed by atoms with Gasteiger partial charge >= 0.3 is 0 Å². The van der Waals surface area contributed by atoms with Crippen molar-refractivity contribution in [3.63, 3.8) is 0 Å². The van der Waals surface area contributed by atoms with Crippen molar-refractivity contribution >= 4 is 5.91 Å². The summed E-state index contributed by atoms with van der Waals surface area (Å²) in [5.41, 5.74) is 3.37. The maximum atomic E-state index is 12.6. The van der Waals surface area contributed by atoms with Gasteiger partial charge in [-0.3, -0.25) is 9.78 Å². The minimum Gasteiger partial charge on any atom is -0.341 e. The molecular weight excluding hydrogens is 328 g/mol. The smallest absolute Gasteiger partial charge is 0.255 e. The number of nitrogens with zero attached hydrogens (tertiary/aromatic N) is 5. The van der Waals surface area contributed by atoms with Crippen molar-refractivity contribution in [2.45, 2.75) is 26.2 Å². The van der Waals surface area contributed by atoms with Gasteiger partial charge in [-0.25, -0.2) is 15.0 Å². The third-order valence-corrected chi connectivity index (χ3v) is 4.61. The zero-order chi connectivity index (χ0) is 18.1. The van der Waals surface area contributed by atoms with Crippen LogP contribution in [0.25, 0.3) is 11.5 Å². The van der Waals surface area contributed by atoms with Crippen LogP contribution < -0.4 is 0 Å². The molecule has 0 aromatic carbocycles. The standard InChI is InChI=1S/C19H20N6O/c1-12-9-21-18(22-12)17-8-16(23-13(2)24-17)15-5-7-25(11-15)19(26)14-4-3-6-20-10-14/h3-4,6,8-10,15H,5,7,11H2,1-2H3,(H,21,22). The minimum absolute atomic E-state index is 0.0215. The van der Waals surface area contributed by atoms with Crippen molar-refractivity contribution in [1.82, 2.24) is 29.8 Å². The Kier molecular flexibility index (Phi) is 4.20. The van der Waals surface area contributed by atoms with Gasteiger partial charge in [-0.2, -0.15) is 0 Å². The molecule has 7 nitrogen and oxygen atoms in total. The van der Waals surface area contributed by atoms with Crippen LogP contribution in [0.1, 0.15) is 39.9 Å². The number of H-pyrrole nitrogens is 1. The van der Waals surface area contributed by atoms with Crippen LogP contribution in [-0.2, 0) is 0 Å². The Morgan fingerprint density at radius 1 is 1.27 bits per heavy atom. The molecule has 0 saturated carbocycles. The Labute approximate surface area is 151 Å². The van der Waals surface area contributed by atoms with Crippen molar-refractivity contribution < 1.29 is 4.79 Å². The van der Waals surface area contributed by atoms with Crippen molar-refractivity contribution in [1.29, 1.82) is 0 Å². The van der Waals surface area contributed by atoms with Crippen molar-refractivity contribution in [3.05, 3.63) is 59.6 Å². The Morgan fingerprint density at radius 2 is 2.15 bits per heavy atom. The molecule has 3 aromatic rings. The molecule has 1 atom stereocenters. The highest BCUT2D eigenvalue weighted by molar-refractivity contribution is 5.94. The van der Waals surface area contributed by atoms with Gasteiger partial charge in [-0.1, -0.05) is 0 Å². The van der Waals surface area contributed by atoms with E-state index in [1.54, 1.807) is 30.7 Å². The van der Waals surface area contributed by atoms with Gasteiger partial charge in [0, 0.05) is 49.0 Å². The van der Waals surface area contributed by atoms with E-state index >= 15 is 0 Å². The molecule has 1 amide bonds. The third-order valence-electron chi connectivity index (χ3n) is 4.61. The second-order valence-corrected chi connectivity index (χ2v) is 6.62. The van der Waals surface area contributed by atoms with E-state index in [1.807, 2.05) is 24.8 Å². The van der Waals surface area contributed by atoms with Crippen molar-refractivity contribution in [2.75, 3.05) is 13.1 Å². The van der Waals surface area contributed by atoms with E-state index in [0.29, 0.717) is 17.9 Å². The molecule has 7 heteroatoms. The first-order valence-electron chi connectivity index (χ1n) is 8.67. The summed E-state index contributed by atoms with van der Waals surface area (Å²) in [6.45, 7) is 5.22. The first kappa shape index (κ1) is 16.4. The quantitative estimate of drug-likeness (QED) is 0.786. The molecule has 1 fully saturated rings. The number of aromatic amines is 1. The summed E-state index contributed by atoms with van der Waals surface area (Å²) < 4.78 is 0. The number of hydrogen-bond acceptors (Lipinski definition) is 5. The molecule has 3 aromatic heterocycles. The number of aromatic nitrogens is 5. The van der Waals surface area contributed by atoms with Gasteiger partial charge in [0.1, 0.15) is 11.5 Å². The van der Waals surface area contributed by atoms with Gasteiger partial charge in [-0.15, -0.1) is 0 Å². The van der Waals surface area contributed by atoms with E-state index < -0.39 is 0 Å². The van der Waals surface area contributed by atoms with Crippen molar-refractivity contribution in [2.24, 2.45) is 0 Å². The highest BCUT2D eigenvalue weighted by Gasteiger charge is 2.29. The van der Waals surface area contributed by atoms with Crippen LogP contribution in [0.5, 0.6) is 0 Å². The lowest BCUT2D eigenvalue weighted by Crippen LogP contribution is -2.28. The number of carbonyl (C=O) groups excluding carboxylic acids is 1. The number of aryl methyl sites for hydroxylation is 2. The summed E-state index contributed by atoms with van der Waals surface area (Å²) in [6, 6.07) is 5.56. The van der Waals surface area contributed by atoms with E-state index in [9.17, 15) is 4.79 Å². The normalized spacial score (nSPS) is 16.8. The molecule has 0 aliphatic carbocycles. The highest BCUT2D eigenvalue weighted by Crippen LogP contribution is 2.28. The van der Waals surface area contributed by atoms with Gasteiger partial charge in [0.2, 0.25) is 0 Å². The molecule has 132 valence electrons. The van der Waals surface area contributed by atoms with Gasteiger partial charge in [0.05, 0.1) is 5.56 Å². The molecule has 4 heterocycles. The molecule has 1 aliphatic heterocycles. The lowest BCUT2D eigenvalue weighted by Gasteiger charge is -2.16. The van der Waals surface area contributed by atoms with E-state index in [2.05, 4.69) is 24.9 Å². The van der Waals surface area contributed by atoms with Gasteiger partial charge in [0.25, 0.3) is 5.91 Å². The summed E-state index contributed by atoms with van der Waals surface area (Å²) >= 11 is 0. The molecule has 1 aliphatic rings. The third kappa shape index (κ3) is 3.20. The summed E-state index contributed by atoms with van der Waals surface area (Å²) in [5.74, 6) is 1.68. The summed E-state index contributed by atoms with van der Waals surface area (Å²) in [6.07, 6.45) is 5.96. The summed E-state index contributed by atoms with van der Waals surface area (Å²) in [5, 5.41) is 0. The second-order valence-electron chi connectivity index (χ2n) is 6.62. The molecule has 4 rings (SSSR count). The highest BCUT2D eigenvalue weighted by atomic mass is 16.2. The Balaban J connectivity index is 1.55. The monoisotopic (exact) mass is 348 g/mol. The van der Waals surface area contributed by atoms with Crippen molar-refractivity contribution in [3.8, 4) is 11.5 Å². The van der Waals surface area contributed by atoms with Crippen LogP contribution in [-0.4, -0.2) is 48.8 Å². The van der Waals surface area contributed by atoms with Gasteiger partial charge < -0.3 is 9.88 Å². The van der Waals surface area contributed by atoms with E-state index in [-0.39, 0.29) is 11.8 Å². The zero-order valence-corrected chi connectivity index (χ0v) is 14.8. The second kappa shape index (κ2) is 6.67. The Hall–Kier alpha value is -3.09. The predicted molar refractivity (Wildman–Crippen MR) is 96.6 cm³/mol. The van der Waals surface area contributed by atoms with E-state index in [1.165, 1.54) is 0 Å². The topological polar surface area (TPSA) is 87.7 Å². The Bertz CT molecular complexity index is 936. The lowest BCUT2D eigenvalue weighted by molar-refractivity contribution is 0.0790. The van der Waals surface area contributed by atoms with Crippen LogP contribution in [0, 0.1) is 13.8 Å². The SMILES string of the molecule is Cc1nc(-c2ncc(C)[nH]2)cc(C2CCN(C(=O)c3cccnc3)C2)n1. The fourth-order valence-corrected chi connectivity index (χ4v) is 3.32. The summed E-state index contributed by atoms with van der Waals surface area (Å²) in [4.78, 5) is 35.2. The van der Waals surface area contributed by atoms with Crippen LogP contribution in [0.4, 0.5) is 0 Å². The van der Waals surface area contributed by atoms with Crippen LogP contribution >= 0.6 is 0 Å². The zero-order valence-electron chi connectivity index (χ0n) is 14.8. The number of likely N-dealkylation sites (tertiary alicyclic amines) is 1. The summed E-state index contributed by atoms with van der Waals surface area (Å²) in [7, 11) is 0. The number of rotatable bonds is 3. The number of pyridine rings is 1. The Morgan fingerprint density at radius 3 is 2.88 bits per heavy atom. The van der Waals surface area contributed by atoms with Gasteiger partial charge in [0.15, 0.2) is 5.82 Å². The number of amides is 1. The first-order valence-corrected chi connectivity index (χ1v) is 8.67. The van der Waals surface area contributed by atoms with Crippen LogP contribution in [0.2, 0.25) is 0 Å². The molecule has 0 radical (unpaired) electrons. The molecule has 1 N–H and O–H groups in total. The molecule has 0 spiro atoms. The molecule has 0 bridgehead atoms. The van der Waals surface area contributed by atoms with E-state index in [4.69, 9.17) is 0 Å². The molecule has 1 saturated heterocycles. The molecule has 26 heavy (non-hydrogen) atoms. The average Bonchev–Trinajstić information content (AvgIpc) is 3.31. The minimum atomic E-state index is 0.0215. The van der Waals surface area contributed by atoms with Crippen LogP contribution in [0.3, 0.4) is 0 Å².